The number of carbonyl (C=O) groups excluding carboxylic acids is 1. The van der Waals surface area contributed by atoms with Crippen molar-refractivity contribution in [2.45, 2.75) is 39.7 Å². The van der Waals surface area contributed by atoms with Gasteiger partial charge >= 0.3 is 5.97 Å². The quantitative estimate of drug-likeness (QED) is 0.463. The zero-order valence-electron chi connectivity index (χ0n) is 13.6. The topological polar surface area (TPSA) is 44.8 Å². The number of rotatable bonds is 8. The molecule has 0 aliphatic carbocycles. The fourth-order valence-corrected chi connectivity index (χ4v) is 2.43. The van der Waals surface area contributed by atoms with Crippen molar-refractivity contribution in [3.8, 4) is 11.5 Å². The van der Waals surface area contributed by atoms with Crippen molar-refractivity contribution < 1.29 is 19.0 Å². The predicted molar refractivity (Wildman–Crippen MR) is 96.4 cm³/mol. The van der Waals surface area contributed by atoms with Crippen molar-refractivity contribution in [3.05, 3.63) is 27.8 Å². The number of hydrogen-bond acceptors (Lipinski definition) is 4. The van der Waals surface area contributed by atoms with E-state index in [1.165, 1.54) is 0 Å². The van der Waals surface area contributed by atoms with Crippen LogP contribution in [0.5, 0.6) is 11.5 Å². The third-order valence-electron chi connectivity index (χ3n) is 3.14. The van der Waals surface area contributed by atoms with E-state index in [1.54, 1.807) is 6.08 Å². The molecule has 0 atom stereocenters. The van der Waals surface area contributed by atoms with Crippen LogP contribution in [0, 0.1) is 3.57 Å². The molecular weight excluding hydrogens is 395 g/mol. The molecule has 22 heavy (non-hydrogen) atoms. The van der Waals surface area contributed by atoms with Crippen LogP contribution in [0.3, 0.4) is 0 Å². The first-order valence-electron chi connectivity index (χ1n) is 7.26. The van der Waals surface area contributed by atoms with Crippen LogP contribution in [0.4, 0.5) is 0 Å². The minimum absolute atomic E-state index is 0.146. The maximum absolute atomic E-state index is 11.9. The van der Waals surface area contributed by atoms with E-state index in [9.17, 15) is 4.79 Å². The van der Waals surface area contributed by atoms with Crippen LogP contribution in [0.2, 0.25) is 0 Å². The van der Waals surface area contributed by atoms with Crippen LogP contribution in [0.25, 0.3) is 6.08 Å². The van der Waals surface area contributed by atoms with E-state index in [2.05, 4.69) is 29.2 Å². The summed E-state index contributed by atoms with van der Waals surface area (Å²) in [6.07, 6.45) is 2.49. The monoisotopic (exact) mass is 418 g/mol. The summed E-state index contributed by atoms with van der Waals surface area (Å²) < 4.78 is 17.4. The minimum atomic E-state index is -0.483. The van der Waals surface area contributed by atoms with Gasteiger partial charge in [0, 0.05) is 0 Å². The standard InChI is InChI=1S/C17H23IO4/c1-6-12-9-13(18)16(14(10-12)20-8-3)21-11-15(19)22-17(4,5)7-2/h6,9-10H,1,7-8,11H2,2-5H3. The van der Waals surface area contributed by atoms with Crippen molar-refractivity contribution in [1.29, 1.82) is 0 Å². The zero-order chi connectivity index (χ0) is 16.8. The molecular formula is C17H23IO4. The third kappa shape index (κ3) is 5.51. The smallest absolute Gasteiger partial charge is 0.344 e. The molecule has 0 amide bonds. The Morgan fingerprint density at radius 3 is 2.55 bits per heavy atom. The Hall–Kier alpha value is -1.24. The molecule has 0 spiro atoms. The maximum atomic E-state index is 11.9. The minimum Gasteiger partial charge on any atom is -0.490 e. The van der Waals surface area contributed by atoms with Gasteiger partial charge < -0.3 is 14.2 Å². The highest BCUT2D eigenvalue weighted by atomic mass is 127. The Morgan fingerprint density at radius 1 is 1.32 bits per heavy atom. The van der Waals surface area contributed by atoms with E-state index in [-0.39, 0.29) is 6.61 Å². The van der Waals surface area contributed by atoms with Gasteiger partial charge in [0.1, 0.15) is 5.60 Å². The van der Waals surface area contributed by atoms with Gasteiger partial charge in [0.05, 0.1) is 10.2 Å². The van der Waals surface area contributed by atoms with Crippen LogP contribution >= 0.6 is 22.6 Å². The van der Waals surface area contributed by atoms with Crippen LogP contribution in [0.15, 0.2) is 18.7 Å². The second kappa shape index (κ2) is 8.41. The Bertz CT molecular complexity index is 538. The molecule has 1 aromatic rings. The van der Waals surface area contributed by atoms with Gasteiger partial charge in [0.25, 0.3) is 0 Å². The summed E-state index contributed by atoms with van der Waals surface area (Å²) >= 11 is 2.15. The fraction of sp³-hybridized carbons (Fsp3) is 0.471. The lowest BCUT2D eigenvalue weighted by Gasteiger charge is -2.23. The van der Waals surface area contributed by atoms with Gasteiger partial charge in [-0.25, -0.2) is 4.79 Å². The van der Waals surface area contributed by atoms with E-state index in [4.69, 9.17) is 14.2 Å². The summed E-state index contributed by atoms with van der Waals surface area (Å²) in [4.78, 5) is 11.9. The van der Waals surface area contributed by atoms with Gasteiger partial charge in [0.15, 0.2) is 18.1 Å². The first kappa shape index (κ1) is 18.8. The van der Waals surface area contributed by atoms with E-state index in [0.29, 0.717) is 18.1 Å². The Labute approximate surface area is 146 Å². The number of benzene rings is 1. The lowest BCUT2D eigenvalue weighted by Crippen LogP contribution is -2.30. The van der Waals surface area contributed by atoms with Crippen molar-refractivity contribution in [1.82, 2.24) is 0 Å². The molecule has 1 rings (SSSR count). The molecule has 122 valence electrons. The van der Waals surface area contributed by atoms with Gasteiger partial charge in [-0.2, -0.15) is 0 Å². The molecule has 0 saturated carbocycles. The molecule has 0 N–H and O–H groups in total. The number of esters is 1. The van der Waals surface area contributed by atoms with Crippen LogP contribution in [0.1, 0.15) is 39.7 Å². The Morgan fingerprint density at radius 2 is 2.00 bits per heavy atom. The molecule has 0 fully saturated rings. The van der Waals surface area contributed by atoms with Crippen molar-refractivity contribution >= 4 is 34.6 Å². The molecule has 0 aromatic heterocycles. The summed E-state index contributed by atoms with van der Waals surface area (Å²) in [5, 5.41) is 0. The van der Waals surface area contributed by atoms with Crippen LogP contribution < -0.4 is 9.47 Å². The lowest BCUT2D eigenvalue weighted by atomic mass is 10.1. The average Bonchev–Trinajstić information content (AvgIpc) is 2.45. The highest BCUT2D eigenvalue weighted by Crippen LogP contribution is 2.34. The van der Waals surface area contributed by atoms with Crippen molar-refractivity contribution in [2.75, 3.05) is 13.2 Å². The van der Waals surface area contributed by atoms with Gasteiger partial charge in [-0.05, 0) is 67.5 Å². The highest BCUT2D eigenvalue weighted by Gasteiger charge is 2.21. The number of ether oxygens (including phenoxy) is 3. The van der Waals surface area contributed by atoms with Gasteiger partial charge in [-0.15, -0.1) is 0 Å². The Balaban J connectivity index is 2.84. The molecule has 0 aliphatic rings. The molecule has 0 bridgehead atoms. The fourth-order valence-electron chi connectivity index (χ4n) is 1.65. The van der Waals surface area contributed by atoms with E-state index in [0.717, 1.165) is 15.6 Å². The van der Waals surface area contributed by atoms with Gasteiger partial charge in [-0.1, -0.05) is 19.6 Å². The van der Waals surface area contributed by atoms with Gasteiger partial charge in [0.2, 0.25) is 0 Å². The van der Waals surface area contributed by atoms with Crippen LogP contribution in [-0.2, 0) is 9.53 Å². The molecule has 4 nitrogen and oxygen atoms in total. The molecule has 0 unspecified atom stereocenters. The first-order chi connectivity index (χ1) is 10.3. The summed E-state index contributed by atoms with van der Waals surface area (Å²) in [6.45, 7) is 11.7. The number of halogens is 1. The first-order valence-corrected chi connectivity index (χ1v) is 8.34. The number of hydrogen-bond donors (Lipinski definition) is 0. The molecule has 0 radical (unpaired) electrons. The molecule has 0 heterocycles. The van der Waals surface area contributed by atoms with Crippen molar-refractivity contribution in [3.63, 3.8) is 0 Å². The molecule has 5 heteroatoms. The van der Waals surface area contributed by atoms with E-state index >= 15 is 0 Å². The van der Waals surface area contributed by atoms with Crippen LogP contribution in [-0.4, -0.2) is 24.8 Å². The predicted octanol–water partition coefficient (Wildman–Crippen LogP) is 4.44. The maximum Gasteiger partial charge on any atom is 0.344 e. The van der Waals surface area contributed by atoms with Crippen molar-refractivity contribution in [2.24, 2.45) is 0 Å². The second-order valence-electron chi connectivity index (χ2n) is 5.34. The van der Waals surface area contributed by atoms with E-state index < -0.39 is 11.6 Å². The summed E-state index contributed by atoms with van der Waals surface area (Å²) in [6, 6.07) is 3.77. The summed E-state index contributed by atoms with van der Waals surface area (Å²) in [5.74, 6) is 0.768. The molecule has 1 aromatic carbocycles. The second-order valence-corrected chi connectivity index (χ2v) is 6.51. The summed E-state index contributed by atoms with van der Waals surface area (Å²) in [5.41, 5.74) is 0.457. The summed E-state index contributed by atoms with van der Waals surface area (Å²) in [7, 11) is 0. The average molecular weight is 418 g/mol. The largest absolute Gasteiger partial charge is 0.490 e. The third-order valence-corrected chi connectivity index (χ3v) is 3.94. The zero-order valence-corrected chi connectivity index (χ0v) is 15.7. The SMILES string of the molecule is C=Cc1cc(I)c(OCC(=O)OC(C)(C)CC)c(OCC)c1. The van der Waals surface area contributed by atoms with E-state index in [1.807, 2.05) is 39.8 Å². The Kier molecular flexibility index (Phi) is 7.19. The molecule has 0 saturated heterocycles. The number of carbonyl (C=O) groups is 1. The molecule has 0 aliphatic heterocycles. The normalized spacial score (nSPS) is 11.0. The lowest BCUT2D eigenvalue weighted by molar-refractivity contribution is -0.159. The van der Waals surface area contributed by atoms with Gasteiger partial charge in [-0.3, -0.25) is 0 Å². The highest BCUT2D eigenvalue weighted by molar-refractivity contribution is 14.1.